The summed E-state index contributed by atoms with van der Waals surface area (Å²) >= 11 is 10.7. The predicted molar refractivity (Wildman–Crippen MR) is 79.5 cm³/mol. The summed E-state index contributed by atoms with van der Waals surface area (Å²) in [6.45, 7) is -1.12. The normalized spacial score (nSPS) is 14.5. The fourth-order valence-electron chi connectivity index (χ4n) is 1.74. The molecular formula is C12H13Cl2F2NO5S. The van der Waals surface area contributed by atoms with Crippen LogP contribution in [0.4, 0.5) is 8.78 Å². The number of sulfone groups is 1. The monoisotopic (exact) mass is 391 g/mol. The molecule has 0 aromatic heterocycles. The minimum absolute atomic E-state index is 0.147. The largest absolute Gasteiger partial charge is 0.345 e. The van der Waals surface area contributed by atoms with Gasteiger partial charge in [-0.2, -0.15) is 0 Å². The van der Waals surface area contributed by atoms with Gasteiger partial charge in [-0.1, -0.05) is 35.3 Å². The van der Waals surface area contributed by atoms with Gasteiger partial charge >= 0.3 is 0 Å². The van der Waals surface area contributed by atoms with Crippen LogP contribution in [0, 0.1) is 0 Å². The van der Waals surface area contributed by atoms with Gasteiger partial charge < -0.3 is 5.32 Å². The molecule has 0 aliphatic rings. The highest BCUT2D eigenvalue weighted by Crippen LogP contribution is 2.23. The first-order valence-electron chi connectivity index (χ1n) is 6.10. The quantitative estimate of drug-likeness (QED) is 0.402. The van der Waals surface area contributed by atoms with Crippen LogP contribution in [-0.2, 0) is 19.5 Å². The predicted octanol–water partition coefficient (Wildman–Crippen LogP) is 2.18. The third-order valence-electron chi connectivity index (χ3n) is 2.88. The molecule has 0 spiro atoms. The van der Waals surface area contributed by atoms with Crippen molar-refractivity contribution >= 4 is 38.9 Å². The van der Waals surface area contributed by atoms with E-state index in [1.54, 1.807) is 0 Å². The first-order valence-corrected chi connectivity index (χ1v) is 8.62. The fraction of sp³-hybridized carbons (Fsp3) is 0.417. The summed E-state index contributed by atoms with van der Waals surface area (Å²) in [5.74, 6) is -0.894. The molecule has 1 aromatic rings. The topological polar surface area (TPSA) is 92.7 Å². The van der Waals surface area contributed by atoms with Crippen molar-refractivity contribution in [2.24, 2.45) is 0 Å². The molecular weight excluding hydrogens is 379 g/mol. The van der Waals surface area contributed by atoms with E-state index < -0.39 is 45.4 Å². The van der Waals surface area contributed by atoms with E-state index in [1.807, 2.05) is 0 Å². The lowest BCUT2D eigenvalue weighted by atomic mass is 10.0. The number of nitrogens with one attached hydrogen (secondary N) is 1. The summed E-state index contributed by atoms with van der Waals surface area (Å²) in [6, 6.07) is 1.63. The van der Waals surface area contributed by atoms with Crippen molar-refractivity contribution in [2.45, 2.75) is 21.9 Å². The molecule has 0 bridgehead atoms. The van der Waals surface area contributed by atoms with Gasteiger partial charge in [-0.3, -0.25) is 10.1 Å². The summed E-state index contributed by atoms with van der Waals surface area (Å²) in [5.41, 5.74) is 0.147. The summed E-state index contributed by atoms with van der Waals surface area (Å²) < 4.78 is 48.2. The van der Waals surface area contributed by atoms with Gasteiger partial charge in [0.15, 0.2) is 10.8 Å². The molecule has 0 unspecified atom stereocenters. The van der Waals surface area contributed by atoms with Gasteiger partial charge in [0.1, 0.15) is 12.8 Å². The number of rotatable bonds is 8. The maximum atomic E-state index is 13.1. The molecule has 1 aromatic carbocycles. The summed E-state index contributed by atoms with van der Waals surface area (Å²) in [5, 5.41) is 11.1. The first kappa shape index (κ1) is 20.0. The van der Waals surface area contributed by atoms with Crippen molar-refractivity contribution in [3.63, 3.8) is 0 Å². The molecule has 0 radical (unpaired) electrons. The summed E-state index contributed by atoms with van der Waals surface area (Å²) in [4.78, 5) is 13.8. The maximum absolute atomic E-state index is 13.1. The molecule has 0 saturated heterocycles. The average Bonchev–Trinajstić information content (AvgIpc) is 2.54. The molecule has 0 heterocycles. The van der Waals surface area contributed by atoms with Crippen LogP contribution in [0.2, 0.25) is 0 Å². The Bertz CT molecular complexity index is 627. The van der Waals surface area contributed by atoms with Crippen LogP contribution >= 0.6 is 23.2 Å². The Balaban J connectivity index is 3.02. The number of benzene rings is 1. The van der Waals surface area contributed by atoms with Crippen molar-refractivity contribution in [2.75, 3.05) is 12.7 Å². The minimum Gasteiger partial charge on any atom is -0.345 e. The van der Waals surface area contributed by atoms with E-state index in [9.17, 15) is 22.0 Å². The zero-order chi connectivity index (χ0) is 17.6. The minimum atomic E-state index is -4.05. The Hall–Kier alpha value is -1.00. The van der Waals surface area contributed by atoms with E-state index in [0.717, 1.165) is 12.1 Å². The van der Waals surface area contributed by atoms with Crippen molar-refractivity contribution in [1.82, 2.24) is 5.32 Å². The van der Waals surface area contributed by atoms with Crippen LogP contribution in [0.15, 0.2) is 29.2 Å². The Labute approximate surface area is 141 Å². The summed E-state index contributed by atoms with van der Waals surface area (Å²) in [6.07, 6.45) is -1.35. The van der Waals surface area contributed by atoms with Crippen molar-refractivity contribution in [3.8, 4) is 0 Å². The molecule has 2 N–H and O–H groups in total. The van der Waals surface area contributed by atoms with Gasteiger partial charge in [0, 0.05) is 0 Å². The van der Waals surface area contributed by atoms with Crippen molar-refractivity contribution in [1.29, 1.82) is 0 Å². The van der Waals surface area contributed by atoms with Crippen LogP contribution < -0.4 is 5.32 Å². The lowest BCUT2D eigenvalue weighted by Gasteiger charge is -2.23. The molecule has 0 aliphatic carbocycles. The molecule has 11 heteroatoms. The van der Waals surface area contributed by atoms with Gasteiger partial charge in [-0.25, -0.2) is 22.1 Å². The molecule has 0 saturated carbocycles. The van der Waals surface area contributed by atoms with Gasteiger partial charge in [0.25, 0.3) is 5.91 Å². The Morgan fingerprint density at radius 3 is 2.22 bits per heavy atom. The molecule has 23 heavy (non-hydrogen) atoms. The Kier molecular flexibility index (Phi) is 7.62. The van der Waals surface area contributed by atoms with E-state index in [-0.39, 0.29) is 10.5 Å². The summed E-state index contributed by atoms with van der Waals surface area (Å²) in [7, 11) is -4.05. The van der Waals surface area contributed by atoms with Crippen LogP contribution in [0.1, 0.15) is 11.7 Å². The molecule has 1 rings (SSSR count). The van der Waals surface area contributed by atoms with Gasteiger partial charge in [0.05, 0.1) is 10.9 Å². The second kappa shape index (κ2) is 8.74. The van der Waals surface area contributed by atoms with E-state index in [2.05, 4.69) is 10.2 Å². The highest BCUT2D eigenvalue weighted by molar-refractivity contribution is 7.91. The number of hydrogen-bond acceptors (Lipinski definition) is 5. The van der Waals surface area contributed by atoms with Gasteiger partial charge in [-0.15, -0.1) is 0 Å². The Morgan fingerprint density at radius 2 is 1.83 bits per heavy atom. The van der Waals surface area contributed by atoms with Crippen LogP contribution in [0.5, 0.6) is 0 Å². The second-order valence-corrected chi connectivity index (χ2v) is 7.40. The van der Waals surface area contributed by atoms with Crippen molar-refractivity contribution < 1.29 is 32.1 Å². The number of carbonyl (C=O) groups excluding carboxylic acids is 1. The first-order chi connectivity index (χ1) is 10.8. The number of carbonyl (C=O) groups is 1. The molecule has 1 amide bonds. The number of halogens is 4. The smallest absolute Gasteiger partial charge is 0.253 e. The third kappa shape index (κ3) is 5.25. The van der Waals surface area contributed by atoms with Crippen LogP contribution in [-0.4, -0.2) is 43.1 Å². The SMILES string of the molecule is O=C(N[C@H](CF)[C@H](OO)c1ccc(S(=O)(=O)CF)cc1)C(Cl)Cl. The van der Waals surface area contributed by atoms with Gasteiger partial charge in [0.2, 0.25) is 9.84 Å². The lowest BCUT2D eigenvalue weighted by molar-refractivity contribution is -0.288. The molecule has 130 valence electrons. The second-order valence-electron chi connectivity index (χ2n) is 4.39. The lowest BCUT2D eigenvalue weighted by Crippen LogP contribution is -2.43. The van der Waals surface area contributed by atoms with Gasteiger partial charge in [-0.05, 0) is 17.7 Å². The van der Waals surface area contributed by atoms with Crippen LogP contribution in [0.3, 0.4) is 0 Å². The van der Waals surface area contributed by atoms with E-state index >= 15 is 0 Å². The third-order valence-corrected chi connectivity index (χ3v) is 4.56. The Morgan fingerprint density at radius 1 is 1.26 bits per heavy atom. The van der Waals surface area contributed by atoms with Crippen molar-refractivity contribution in [3.05, 3.63) is 29.8 Å². The number of alkyl halides is 4. The molecule has 2 atom stereocenters. The molecule has 0 aliphatic heterocycles. The van der Waals surface area contributed by atoms with E-state index in [4.69, 9.17) is 28.5 Å². The fourth-order valence-corrected chi connectivity index (χ4v) is 2.54. The number of hydrogen-bond donors (Lipinski definition) is 2. The van der Waals surface area contributed by atoms with E-state index in [0.29, 0.717) is 0 Å². The average molecular weight is 392 g/mol. The standard InChI is InChI=1S/C12H13Cl2F2NO5S/c13-11(14)12(18)17-9(5-15)10(22-19)7-1-3-8(4-2-7)23(20,21)6-16/h1-4,9-11,19H,5-6H2,(H,17,18)/t9-,10-/m1/s1. The van der Waals surface area contributed by atoms with Crippen LogP contribution in [0.25, 0.3) is 0 Å². The highest BCUT2D eigenvalue weighted by atomic mass is 35.5. The van der Waals surface area contributed by atoms with E-state index in [1.165, 1.54) is 12.1 Å². The molecule has 0 fully saturated rings. The highest BCUT2D eigenvalue weighted by Gasteiger charge is 2.28. The zero-order valence-corrected chi connectivity index (χ0v) is 13.8. The maximum Gasteiger partial charge on any atom is 0.253 e. The molecule has 6 nitrogen and oxygen atoms in total. The zero-order valence-electron chi connectivity index (χ0n) is 11.5. The number of amides is 1.